The molecule has 1 fully saturated rings. The first-order valence-corrected chi connectivity index (χ1v) is 14.9. The molecule has 6 nitrogen and oxygen atoms in total. The number of nitrogens with zero attached hydrogens (tertiary/aromatic N) is 3. The van der Waals surface area contributed by atoms with Gasteiger partial charge in [-0.2, -0.15) is 13.2 Å². The van der Waals surface area contributed by atoms with Crippen LogP contribution in [0.25, 0.3) is 0 Å². The standard InChI is InChI=1S/C22H24BrF4IN4O2S/c1-12-10-32(11-13(2)31(12)3)19-8-17(24)16(23)7-18(19)30-21(33)14-9-29-20(34-4-5-35-28)6-15(14)22(25,26)27/h6-9,12-13H,4-5,10-11H2,1-3H3,(H,30,33)/t12-,13-/m1/s1. The van der Waals surface area contributed by atoms with Gasteiger partial charge in [-0.3, -0.25) is 9.69 Å². The summed E-state index contributed by atoms with van der Waals surface area (Å²) in [5, 5.41) is 2.54. The summed E-state index contributed by atoms with van der Waals surface area (Å²) in [6.45, 7) is 5.35. The molecule has 2 atom stereocenters. The Labute approximate surface area is 225 Å². The number of hydrogen-bond donors (Lipinski definition) is 1. The monoisotopic (exact) mass is 690 g/mol. The number of ether oxygens (including phenoxy) is 1. The smallest absolute Gasteiger partial charge is 0.417 e. The average molecular weight is 691 g/mol. The van der Waals surface area contributed by atoms with Crippen LogP contribution in [-0.4, -0.2) is 60.4 Å². The molecule has 0 radical (unpaired) electrons. The molecule has 1 N–H and O–H groups in total. The maximum absolute atomic E-state index is 14.5. The van der Waals surface area contributed by atoms with Gasteiger partial charge in [-0.05, 0) is 64.1 Å². The molecule has 1 aromatic heterocycles. The molecule has 0 aliphatic carbocycles. The van der Waals surface area contributed by atoms with Gasteiger partial charge in [0.1, 0.15) is 5.82 Å². The second kappa shape index (κ2) is 11.8. The maximum Gasteiger partial charge on any atom is 0.417 e. The van der Waals surface area contributed by atoms with E-state index >= 15 is 0 Å². The SMILES string of the molecule is C[C@@H]1CN(c2cc(F)c(Br)cc2NC(=O)c2cnc(OCCSI)cc2C(F)(F)F)C[C@@H](C)N1C. The number of anilines is 2. The number of carbonyl (C=O) groups excluding carboxylic acids is 1. The van der Waals surface area contributed by atoms with E-state index in [0.29, 0.717) is 24.5 Å². The molecule has 2 heterocycles. The minimum Gasteiger partial charge on any atom is -0.477 e. The molecule has 0 unspecified atom stereocenters. The first-order chi connectivity index (χ1) is 16.4. The van der Waals surface area contributed by atoms with Crippen molar-refractivity contribution >= 4 is 63.4 Å². The molecular formula is C22H24BrF4IN4O2S. The van der Waals surface area contributed by atoms with E-state index in [1.807, 2.05) is 25.8 Å². The van der Waals surface area contributed by atoms with E-state index in [1.165, 1.54) is 21.1 Å². The van der Waals surface area contributed by atoms with E-state index in [0.717, 1.165) is 12.3 Å². The first kappa shape index (κ1) is 28.3. The lowest BCUT2D eigenvalue weighted by Crippen LogP contribution is -2.55. The Morgan fingerprint density at radius 3 is 2.54 bits per heavy atom. The molecule has 1 amide bonds. The van der Waals surface area contributed by atoms with Crippen molar-refractivity contribution in [3.8, 4) is 5.88 Å². The van der Waals surface area contributed by atoms with E-state index in [-0.39, 0.29) is 34.7 Å². The zero-order chi connectivity index (χ0) is 25.9. The highest BCUT2D eigenvalue weighted by Crippen LogP contribution is 2.37. The summed E-state index contributed by atoms with van der Waals surface area (Å²) in [5.41, 5.74) is -1.23. The molecule has 1 aromatic carbocycles. The lowest BCUT2D eigenvalue weighted by atomic mass is 10.1. The number of hydrogen-bond acceptors (Lipinski definition) is 6. The van der Waals surface area contributed by atoms with Gasteiger partial charge in [0.2, 0.25) is 5.88 Å². The van der Waals surface area contributed by atoms with Crippen molar-refractivity contribution in [1.82, 2.24) is 9.88 Å². The average Bonchev–Trinajstić information content (AvgIpc) is 2.79. The van der Waals surface area contributed by atoms with Gasteiger partial charge in [-0.15, -0.1) is 0 Å². The summed E-state index contributed by atoms with van der Waals surface area (Å²) in [7, 11) is 3.45. The van der Waals surface area contributed by atoms with E-state index in [4.69, 9.17) is 4.74 Å². The zero-order valence-electron chi connectivity index (χ0n) is 19.1. The Hall–Kier alpha value is -1.32. The van der Waals surface area contributed by atoms with E-state index in [1.54, 1.807) is 0 Å². The predicted molar refractivity (Wildman–Crippen MR) is 142 cm³/mol. The van der Waals surface area contributed by atoms with Crippen molar-refractivity contribution in [2.75, 3.05) is 42.7 Å². The molecule has 0 bridgehead atoms. The molecule has 192 valence electrons. The zero-order valence-corrected chi connectivity index (χ0v) is 23.7. The van der Waals surface area contributed by atoms with Crippen molar-refractivity contribution < 1.29 is 27.1 Å². The van der Waals surface area contributed by atoms with Crippen LogP contribution in [0.3, 0.4) is 0 Å². The number of amides is 1. The number of nitrogens with one attached hydrogen (secondary N) is 1. The number of likely N-dealkylation sites (N-methyl/N-ethyl adjacent to an activating group) is 1. The Balaban J connectivity index is 1.94. The minimum atomic E-state index is -4.81. The lowest BCUT2D eigenvalue weighted by molar-refractivity contribution is -0.138. The van der Waals surface area contributed by atoms with Crippen molar-refractivity contribution in [3.05, 3.63) is 45.8 Å². The fourth-order valence-electron chi connectivity index (χ4n) is 3.80. The van der Waals surface area contributed by atoms with Gasteiger partial charge in [0.05, 0.1) is 33.6 Å². The minimum absolute atomic E-state index is 0.0813. The van der Waals surface area contributed by atoms with Crippen molar-refractivity contribution in [1.29, 1.82) is 0 Å². The number of carbonyl (C=O) groups is 1. The van der Waals surface area contributed by atoms with Gasteiger partial charge in [-0.1, -0.05) is 8.93 Å². The molecule has 1 saturated heterocycles. The fourth-order valence-corrected chi connectivity index (χ4v) is 4.83. The molecule has 13 heteroatoms. The second-order valence-corrected chi connectivity index (χ2v) is 11.6. The lowest BCUT2D eigenvalue weighted by Gasteiger charge is -2.44. The van der Waals surface area contributed by atoms with Crippen molar-refractivity contribution in [3.63, 3.8) is 0 Å². The summed E-state index contributed by atoms with van der Waals surface area (Å²) in [6, 6.07) is 3.64. The third kappa shape index (κ3) is 6.92. The summed E-state index contributed by atoms with van der Waals surface area (Å²) in [5.74, 6) is -1.20. The molecule has 1 aliphatic heterocycles. The van der Waals surface area contributed by atoms with Crippen LogP contribution in [-0.2, 0) is 6.18 Å². The Morgan fingerprint density at radius 1 is 1.29 bits per heavy atom. The van der Waals surface area contributed by atoms with Crippen LogP contribution in [0.1, 0.15) is 29.8 Å². The van der Waals surface area contributed by atoms with Crippen LogP contribution in [0, 0.1) is 5.82 Å². The van der Waals surface area contributed by atoms with Gasteiger partial charge in [0.15, 0.2) is 0 Å². The normalized spacial score (nSPS) is 19.1. The summed E-state index contributed by atoms with van der Waals surface area (Å²) < 4.78 is 61.2. The molecule has 0 saturated carbocycles. The number of benzene rings is 1. The van der Waals surface area contributed by atoms with E-state index in [9.17, 15) is 22.4 Å². The van der Waals surface area contributed by atoms with Crippen molar-refractivity contribution in [2.24, 2.45) is 0 Å². The number of piperazine rings is 1. The van der Waals surface area contributed by atoms with Gasteiger partial charge < -0.3 is 15.0 Å². The van der Waals surface area contributed by atoms with E-state index in [2.05, 4.69) is 52.3 Å². The Bertz CT molecular complexity index is 1070. The fraction of sp³-hybridized carbons (Fsp3) is 0.455. The number of halogens is 6. The van der Waals surface area contributed by atoms with Gasteiger partial charge in [-0.25, -0.2) is 9.37 Å². The maximum atomic E-state index is 14.5. The summed E-state index contributed by atoms with van der Waals surface area (Å²) >= 11 is 5.16. The molecule has 1 aliphatic rings. The highest BCUT2D eigenvalue weighted by molar-refractivity contribution is 14.2. The quantitative estimate of drug-likeness (QED) is 0.211. The molecule has 0 spiro atoms. The van der Waals surface area contributed by atoms with Gasteiger partial charge >= 0.3 is 6.18 Å². The van der Waals surface area contributed by atoms with Crippen LogP contribution in [0.4, 0.5) is 28.9 Å². The number of aromatic nitrogens is 1. The van der Waals surface area contributed by atoms with Crippen LogP contribution >= 0.6 is 46.1 Å². The highest BCUT2D eigenvalue weighted by atomic mass is 127. The van der Waals surface area contributed by atoms with E-state index < -0.39 is 29.0 Å². The molecule has 2 aromatic rings. The largest absolute Gasteiger partial charge is 0.477 e. The van der Waals surface area contributed by atoms with Gasteiger partial charge in [0.25, 0.3) is 5.91 Å². The second-order valence-electron chi connectivity index (χ2n) is 8.23. The predicted octanol–water partition coefficient (Wildman–Crippen LogP) is 6.25. The van der Waals surface area contributed by atoms with Crippen LogP contribution in [0.5, 0.6) is 5.88 Å². The third-order valence-corrected chi connectivity index (χ3v) is 8.08. The number of alkyl halides is 3. The summed E-state index contributed by atoms with van der Waals surface area (Å²) in [6.07, 6.45) is -3.96. The molecule has 3 rings (SSSR count). The topological polar surface area (TPSA) is 57.7 Å². The number of pyridine rings is 1. The molecule has 35 heavy (non-hydrogen) atoms. The van der Waals surface area contributed by atoms with Crippen molar-refractivity contribution in [2.45, 2.75) is 32.1 Å². The van der Waals surface area contributed by atoms with Crippen LogP contribution in [0.2, 0.25) is 0 Å². The number of rotatable bonds is 7. The van der Waals surface area contributed by atoms with Crippen LogP contribution in [0.15, 0.2) is 28.9 Å². The third-order valence-electron chi connectivity index (χ3n) is 5.83. The Kier molecular flexibility index (Phi) is 9.54. The summed E-state index contributed by atoms with van der Waals surface area (Å²) in [4.78, 5) is 21.0. The van der Waals surface area contributed by atoms with Gasteiger partial charge in [0, 0.05) is 49.3 Å². The molecular weight excluding hydrogens is 667 g/mol. The highest BCUT2D eigenvalue weighted by Gasteiger charge is 2.37. The van der Waals surface area contributed by atoms with Crippen LogP contribution < -0.4 is 15.0 Å². The Morgan fingerprint density at radius 2 is 1.94 bits per heavy atom. The first-order valence-electron chi connectivity index (χ1n) is 10.6.